The molecule has 1 aliphatic rings. The zero-order valence-corrected chi connectivity index (χ0v) is 18.1. The Hall–Kier alpha value is -2.35. The number of nitrogens with zero attached hydrogens (tertiary/aromatic N) is 2. The molecule has 0 aliphatic carbocycles. The van der Waals surface area contributed by atoms with E-state index in [1.807, 2.05) is 20.0 Å². The molecule has 1 amide bonds. The molecule has 0 radical (unpaired) electrons. The normalized spacial score (nSPS) is 18.1. The first-order valence-electron chi connectivity index (χ1n) is 10.0. The van der Waals surface area contributed by atoms with E-state index in [-0.39, 0.29) is 17.8 Å². The Morgan fingerprint density at radius 1 is 1.30 bits per heavy atom. The lowest BCUT2D eigenvalue weighted by atomic mass is 10.1. The van der Waals surface area contributed by atoms with E-state index in [9.17, 15) is 9.18 Å². The molecule has 1 saturated heterocycles. The minimum Gasteiger partial charge on any atom is -0.493 e. The van der Waals surface area contributed by atoms with E-state index >= 15 is 0 Å². The number of likely N-dealkylation sites (N-methyl/N-ethyl adjacent to an activating group) is 1. The molecule has 1 heterocycles. The topological polar surface area (TPSA) is 70.8 Å². The highest BCUT2D eigenvalue weighted by molar-refractivity contribution is 6.33. The molecular formula is C22H28ClFN4O2. The molecule has 1 fully saturated rings. The molecule has 0 spiro atoms. The van der Waals surface area contributed by atoms with Crippen LogP contribution >= 0.6 is 11.6 Å². The lowest BCUT2D eigenvalue weighted by Gasteiger charge is -2.25. The molecule has 0 saturated carbocycles. The minimum absolute atomic E-state index is 0.107. The van der Waals surface area contributed by atoms with Gasteiger partial charge in [0.15, 0.2) is 0 Å². The maximum absolute atomic E-state index is 13.5. The Bertz CT molecular complexity index is 895. The summed E-state index contributed by atoms with van der Waals surface area (Å²) in [5.41, 5.74) is 7.50. The molecule has 30 heavy (non-hydrogen) atoms. The first kappa shape index (κ1) is 22.3. The van der Waals surface area contributed by atoms with Crippen molar-refractivity contribution in [2.75, 3.05) is 45.6 Å². The number of rotatable bonds is 6. The summed E-state index contributed by atoms with van der Waals surface area (Å²) in [5.74, 6) is -0.0881. The number of nitrogens with two attached hydrogens (primary N) is 1. The zero-order chi connectivity index (χ0) is 21.7. The monoisotopic (exact) mass is 434 g/mol. The third kappa shape index (κ3) is 5.84. The molecule has 0 bridgehead atoms. The maximum Gasteiger partial charge on any atom is 0.255 e. The van der Waals surface area contributed by atoms with Crippen LogP contribution in [0.2, 0.25) is 5.02 Å². The summed E-state index contributed by atoms with van der Waals surface area (Å²) in [6, 6.07) is 9.63. The van der Waals surface area contributed by atoms with Gasteiger partial charge in [0.1, 0.15) is 11.6 Å². The largest absolute Gasteiger partial charge is 0.493 e. The van der Waals surface area contributed by atoms with Gasteiger partial charge in [-0.2, -0.15) is 0 Å². The van der Waals surface area contributed by atoms with Crippen molar-refractivity contribution in [2.45, 2.75) is 19.5 Å². The van der Waals surface area contributed by atoms with Crippen LogP contribution in [0.3, 0.4) is 0 Å². The lowest BCUT2D eigenvalue weighted by Crippen LogP contribution is -2.46. The van der Waals surface area contributed by atoms with Crippen LogP contribution in [0.4, 0.5) is 10.1 Å². The van der Waals surface area contributed by atoms with E-state index in [0.717, 1.165) is 18.7 Å². The van der Waals surface area contributed by atoms with E-state index in [0.29, 0.717) is 48.3 Å². The van der Waals surface area contributed by atoms with Crippen LogP contribution in [0.25, 0.3) is 0 Å². The summed E-state index contributed by atoms with van der Waals surface area (Å²) in [5, 5.41) is 3.42. The number of amides is 1. The first-order valence-corrected chi connectivity index (χ1v) is 10.4. The second-order valence-electron chi connectivity index (χ2n) is 7.60. The summed E-state index contributed by atoms with van der Waals surface area (Å²) in [7, 11) is 2.02. The van der Waals surface area contributed by atoms with Crippen molar-refractivity contribution < 1.29 is 13.9 Å². The number of carbonyl (C=O) groups is 1. The summed E-state index contributed by atoms with van der Waals surface area (Å²) < 4.78 is 19.1. The predicted molar refractivity (Wildman–Crippen MR) is 117 cm³/mol. The van der Waals surface area contributed by atoms with Gasteiger partial charge < -0.3 is 20.7 Å². The van der Waals surface area contributed by atoms with Crippen molar-refractivity contribution in [3.63, 3.8) is 0 Å². The Labute approximate surface area is 181 Å². The lowest BCUT2D eigenvalue weighted by molar-refractivity contribution is 0.0920. The highest BCUT2D eigenvalue weighted by Gasteiger charge is 2.24. The Morgan fingerprint density at radius 3 is 2.83 bits per heavy atom. The van der Waals surface area contributed by atoms with Crippen molar-refractivity contribution in [2.24, 2.45) is 0 Å². The molecule has 1 unspecified atom stereocenters. The second kappa shape index (κ2) is 10.1. The van der Waals surface area contributed by atoms with Crippen molar-refractivity contribution in [3.05, 3.63) is 58.4 Å². The predicted octanol–water partition coefficient (Wildman–Crippen LogP) is 3.01. The van der Waals surface area contributed by atoms with Crippen molar-refractivity contribution in [1.29, 1.82) is 0 Å². The summed E-state index contributed by atoms with van der Waals surface area (Å²) >= 11 is 6.14. The molecule has 3 N–H and O–H groups in total. The fourth-order valence-corrected chi connectivity index (χ4v) is 3.82. The van der Waals surface area contributed by atoms with Gasteiger partial charge in [0, 0.05) is 38.8 Å². The van der Waals surface area contributed by atoms with Gasteiger partial charge >= 0.3 is 0 Å². The molecule has 0 aromatic heterocycles. The van der Waals surface area contributed by atoms with Crippen molar-refractivity contribution in [3.8, 4) is 5.75 Å². The fourth-order valence-electron chi connectivity index (χ4n) is 3.65. The molecular weight excluding hydrogens is 407 g/mol. The molecule has 8 heteroatoms. The summed E-state index contributed by atoms with van der Waals surface area (Å²) in [4.78, 5) is 17.4. The third-order valence-electron chi connectivity index (χ3n) is 5.08. The number of ether oxygens (including phenoxy) is 1. The Balaban J connectivity index is 1.74. The van der Waals surface area contributed by atoms with E-state index in [2.05, 4.69) is 15.1 Å². The van der Waals surface area contributed by atoms with Crippen LogP contribution in [-0.2, 0) is 6.54 Å². The number of nitrogen functional groups attached to an aromatic ring is 1. The van der Waals surface area contributed by atoms with Gasteiger partial charge in [-0.25, -0.2) is 4.39 Å². The molecule has 6 nitrogen and oxygen atoms in total. The maximum atomic E-state index is 13.5. The van der Waals surface area contributed by atoms with Crippen LogP contribution in [0.5, 0.6) is 5.75 Å². The number of anilines is 1. The van der Waals surface area contributed by atoms with Crippen LogP contribution in [0, 0.1) is 5.82 Å². The number of carbonyl (C=O) groups excluding carboxylic acids is 1. The molecule has 1 aliphatic heterocycles. The van der Waals surface area contributed by atoms with E-state index < -0.39 is 0 Å². The van der Waals surface area contributed by atoms with Crippen LogP contribution in [0.15, 0.2) is 36.4 Å². The van der Waals surface area contributed by atoms with Gasteiger partial charge in [-0.1, -0.05) is 23.7 Å². The van der Waals surface area contributed by atoms with Gasteiger partial charge in [0.2, 0.25) is 0 Å². The van der Waals surface area contributed by atoms with Crippen LogP contribution in [0.1, 0.15) is 22.8 Å². The van der Waals surface area contributed by atoms with Crippen molar-refractivity contribution >= 4 is 23.2 Å². The molecule has 1 atom stereocenters. The standard InChI is InChI=1S/C22H28ClFN4O2/c1-3-30-21-11-20(25)19(23)10-18(21)22(29)26-17-13-27(2)7-8-28(14-17)12-15-5-4-6-16(24)9-15/h4-6,9-11,17H,3,7-8,12-14,25H2,1-2H3,(H,26,29). The van der Waals surface area contributed by atoms with Gasteiger partial charge in [-0.05, 0) is 37.7 Å². The first-order chi connectivity index (χ1) is 14.4. The second-order valence-corrected chi connectivity index (χ2v) is 8.01. The van der Waals surface area contributed by atoms with Gasteiger partial charge in [0.05, 0.1) is 28.9 Å². The molecule has 162 valence electrons. The minimum atomic E-state index is -0.258. The summed E-state index contributed by atoms with van der Waals surface area (Å²) in [6.07, 6.45) is 0. The number of benzene rings is 2. The van der Waals surface area contributed by atoms with Crippen LogP contribution in [-0.4, -0.2) is 61.6 Å². The molecule has 3 rings (SSSR count). The van der Waals surface area contributed by atoms with Gasteiger partial charge in [0.25, 0.3) is 5.91 Å². The van der Waals surface area contributed by atoms with Crippen molar-refractivity contribution in [1.82, 2.24) is 15.1 Å². The number of nitrogens with one attached hydrogen (secondary N) is 1. The Morgan fingerprint density at radius 2 is 2.10 bits per heavy atom. The molecule has 2 aromatic carbocycles. The third-order valence-corrected chi connectivity index (χ3v) is 5.41. The SMILES string of the molecule is CCOc1cc(N)c(Cl)cc1C(=O)NC1CN(C)CCN(Cc2cccc(F)c2)C1. The highest BCUT2D eigenvalue weighted by Crippen LogP contribution is 2.29. The average Bonchev–Trinajstić information content (AvgIpc) is 2.85. The zero-order valence-electron chi connectivity index (χ0n) is 17.3. The highest BCUT2D eigenvalue weighted by atomic mass is 35.5. The number of halogens is 2. The quantitative estimate of drug-likeness (QED) is 0.684. The molecule has 2 aromatic rings. The summed E-state index contributed by atoms with van der Waals surface area (Å²) in [6.45, 7) is 5.93. The number of hydrogen-bond acceptors (Lipinski definition) is 5. The average molecular weight is 435 g/mol. The Kier molecular flexibility index (Phi) is 7.53. The fraction of sp³-hybridized carbons (Fsp3) is 0.409. The van der Waals surface area contributed by atoms with Crippen LogP contribution < -0.4 is 15.8 Å². The van der Waals surface area contributed by atoms with E-state index in [1.165, 1.54) is 6.07 Å². The van der Waals surface area contributed by atoms with Gasteiger partial charge in [-0.15, -0.1) is 0 Å². The van der Waals surface area contributed by atoms with E-state index in [1.54, 1.807) is 24.3 Å². The number of hydrogen-bond donors (Lipinski definition) is 2. The van der Waals surface area contributed by atoms with Gasteiger partial charge in [-0.3, -0.25) is 9.69 Å². The smallest absolute Gasteiger partial charge is 0.255 e. The van der Waals surface area contributed by atoms with E-state index in [4.69, 9.17) is 22.1 Å².